The number of methoxy groups -OCH3 is 2. The predicted octanol–water partition coefficient (Wildman–Crippen LogP) is 3.78. The Bertz CT molecular complexity index is 928. The molecule has 136 valence electrons. The Kier molecular flexibility index (Phi) is 4.89. The zero-order valence-electron chi connectivity index (χ0n) is 15.6. The van der Waals surface area contributed by atoms with E-state index in [1.165, 1.54) is 0 Å². The summed E-state index contributed by atoms with van der Waals surface area (Å²) < 4.78 is 10.6. The van der Waals surface area contributed by atoms with Crippen molar-refractivity contribution in [2.45, 2.75) is 25.8 Å². The largest absolute Gasteiger partial charge is 0.493 e. The van der Waals surface area contributed by atoms with Gasteiger partial charge in [-0.2, -0.15) is 0 Å². The van der Waals surface area contributed by atoms with E-state index in [2.05, 4.69) is 10.3 Å². The predicted molar refractivity (Wildman–Crippen MR) is 103 cm³/mol. The first-order chi connectivity index (χ1) is 12.4. The molecule has 5 nitrogen and oxygen atoms in total. The second-order valence-electron chi connectivity index (χ2n) is 6.78. The van der Waals surface area contributed by atoms with Gasteiger partial charge in [0.05, 0.1) is 26.2 Å². The summed E-state index contributed by atoms with van der Waals surface area (Å²) in [6.45, 7) is 3.95. The van der Waals surface area contributed by atoms with Crippen LogP contribution in [-0.2, 0) is 16.8 Å². The number of ether oxygens (including phenoxy) is 2. The molecule has 1 aromatic heterocycles. The highest BCUT2D eigenvalue weighted by Crippen LogP contribution is 2.32. The Labute approximate surface area is 153 Å². The Morgan fingerprint density at radius 2 is 1.81 bits per heavy atom. The summed E-state index contributed by atoms with van der Waals surface area (Å²) in [5.74, 6) is 1.27. The van der Waals surface area contributed by atoms with Gasteiger partial charge in [-0.05, 0) is 43.2 Å². The number of hydrogen-bond donors (Lipinski definition) is 2. The minimum atomic E-state index is -0.539. The van der Waals surface area contributed by atoms with Gasteiger partial charge in [0, 0.05) is 17.1 Å². The van der Waals surface area contributed by atoms with E-state index in [4.69, 9.17) is 9.47 Å². The molecule has 0 bridgehead atoms. The molecule has 2 N–H and O–H groups in total. The van der Waals surface area contributed by atoms with Gasteiger partial charge < -0.3 is 19.8 Å². The fourth-order valence-corrected chi connectivity index (χ4v) is 3.14. The van der Waals surface area contributed by atoms with Crippen molar-refractivity contribution in [3.05, 3.63) is 59.8 Å². The average molecular weight is 352 g/mol. The fraction of sp³-hybridized carbons (Fsp3) is 0.286. The van der Waals surface area contributed by atoms with Gasteiger partial charge in [-0.25, -0.2) is 0 Å². The summed E-state index contributed by atoms with van der Waals surface area (Å²) in [6, 6.07) is 13.7. The van der Waals surface area contributed by atoms with E-state index < -0.39 is 5.54 Å². The molecule has 0 aliphatic rings. The summed E-state index contributed by atoms with van der Waals surface area (Å²) in [5, 5.41) is 4.19. The number of rotatable bonds is 6. The number of carbonyl (C=O) groups is 1. The maximum Gasteiger partial charge on any atom is 0.225 e. The topological polar surface area (TPSA) is 63.3 Å². The Balaban J connectivity index is 1.77. The van der Waals surface area contributed by atoms with Crippen LogP contribution in [0.4, 0.5) is 0 Å². The van der Waals surface area contributed by atoms with Gasteiger partial charge in [-0.3, -0.25) is 4.79 Å². The van der Waals surface area contributed by atoms with Crippen LogP contribution >= 0.6 is 0 Å². The molecule has 0 aliphatic heterocycles. The van der Waals surface area contributed by atoms with Crippen molar-refractivity contribution in [2.75, 3.05) is 14.2 Å². The van der Waals surface area contributed by atoms with Gasteiger partial charge in [-0.1, -0.05) is 24.3 Å². The molecular formula is C21H24N2O3. The number of aromatic amines is 1. The first-order valence-electron chi connectivity index (χ1n) is 8.53. The third-order valence-electron chi connectivity index (χ3n) is 4.58. The van der Waals surface area contributed by atoms with Crippen LogP contribution in [-0.4, -0.2) is 25.1 Å². The maximum absolute atomic E-state index is 12.6. The van der Waals surface area contributed by atoms with Gasteiger partial charge >= 0.3 is 0 Å². The van der Waals surface area contributed by atoms with E-state index in [0.29, 0.717) is 17.9 Å². The van der Waals surface area contributed by atoms with Crippen molar-refractivity contribution in [3.63, 3.8) is 0 Å². The van der Waals surface area contributed by atoms with Crippen LogP contribution in [0.3, 0.4) is 0 Å². The molecule has 0 saturated carbocycles. The monoisotopic (exact) mass is 352 g/mol. The highest BCUT2D eigenvalue weighted by Gasteiger charge is 2.24. The zero-order valence-corrected chi connectivity index (χ0v) is 15.6. The molecule has 3 rings (SSSR count). The SMILES string of the molecule is COc1ccc(C(C)(C)NC(=O)Cc2c[nH]c3ccccc23)cc1OC. The fourth-order valence-electron chi connectivity index (χ4n) is 3.14. The van der Waals surface area contributed by atoms with Gasteiger partial charge in [0.15, 0.2) is 11.5 Å². The lowest BCUT2D eigenvalue weighted by atomic mass is 9.93. The van der Waals surface area contributed by atoms with Crippen LogP contribution in [0.25, 0.3) is 10.9 Å². The first-order valence-corrected chi connectivity index (χ1v) is 8.53. The Morgan fingerprint density at radius 3 is 2.54 bits per heavy atom. The number of para-hydroxylation sites is 1. The minimum Gasteiger partial charge on any atom is -0.493 e. The lowest BCUT2D eigenvalue weighted by Gasteiger charge is -2.27. The third-order valence-corrected chi connectivity index (χ3v) is 4.58. The summed E-state index contributed by atoms with van der Waals surface area (Å²) in [5.41, 5.74) is 2.43. The van der Waals surface area contributed by atoms with Crippen LogP contribution in [0.1, 0.15) is 25.0 Å². The highest BCUT2D eigenvalue weighted by molar-refractivity contribution is 5.89. The highest BCUT2D eigenvalue weighted by atomic mass is 16.5. The van der Waals surface area contributed by atoms with Gasteiger partial charge in [0.1, 0.15) is 0 Å². The second-order valence-corrected chi connectivity index (χ2v) is 6.78. The summed E-state index contributed by atoms with van der Waals surface area (Å²) in [4.78, 5) is 15.8. The number of amides is 1. The second kappa shape index (κ2) is 7.12. The molecular weight excluding hydrogens is 328 g/mol. The van der Waals surface area contributed by atoms with E-state index >= 15 is 0 Å². The zero-order chi connectivity index (χ0) is 18.7. The molecule has 2 aromatic carbocycles. The van der Waals surface area contributed by atoms with E-state index in [1.54, 1.807) is 14.2 Å². The van der Waals surface area contributed by atoms with Crippen LogP contribution in [0.15, 0.2) is 48.7 Å². The van der Waals surface area contributed by atoms with Crippen molar-refractivity contribution >= 4 is 16.8 Å². The van der Waals surface area contributed by atoms with Crippen LogP contribution in [0.2, 0.25) is 0 Å². The number of aromatic nitrogens is 1. The van der Waals surface area contributed by atoms with Crippen molar-refractivity contribution in [2.24, 2.45) is 0 Å². The van der Waals surface area contributed by atoms with Gasteiger partial charge in [-0.15, -0.1) is 0 Å². The molecule has 5 heteroatoms. The molecule has 0 fully saturated rings. The molecule has 1 amide bonds. The molecule has 0 atom stereocenters. The molecule has 0 unspecified atom stereocenters. The quantitative estimate of drug-likeness (QED) is 0.710. The summed E-state index contributed by atoms with van der Waals surface area (Å²) in [7, 11) is 3.20. The molecule has 3 aromatic rings. The summed E-state index contributed by atoms with van der Waals surface area (Å²) >= 11 is 0. The maximum atomic E-state index is 12.6. The van der Waals surface area contributed by atoms with Gasteiger partial charge in [0.25, 0.3) is 0 Å². The van der Waals surface area contributed by atoms with E-state index in [9.17, 15) is 4.79 Å². The number of benzene rings is 2. The molecule has 0 aliphatic carbocycles. The third kappa shape index (κ3) is 3.52. The molecule has 1 heterocycles. The van der Waals surface area contributed by atoms with Crippen molar-refractivity contribution in [1.82, 2.24) is 10.3 Å². The standard InChI is InChI=1S/C21H24N2O3/c1-21(2,15-9-10-18(25-3)19(12-15)26-4)23-20(24)11-14-13-22-17-8-6-5-7-16(14)17/h5-10,12-13,22H,11H2,1-4H3,(H,23,24). The van der Waals surface area contributed by atoms with Crippen molar-refractivity contribution < 1.29 is 14.3 Å². The van der Waals surface area contributed by atoms with E-state index in [0.717, 1.165) is 22.0 Å². The summed E-state index contributed by atoms with van der Waals surface area (Å²) in [6.07, 6.45) is 2.22. The number of H-pyrrole nitrogens is 1. The first kappa shape index (κ1) is 17.9. The Hall–Kier alpha value is -2.95. The Morgan fingerprint density at radius 1 is 1.08 bits per heavy atom. The van der Waals surface area contributed by atoms with Crippen molar-refractivity contribution in [3.8, 4) is 11.5 Å². The molecule has 26 heavy (non-hydrogen) atoms. The van der Waals surface area contributed by atoms with E-state index in [1.807, 2.05) is 62.5 Å². The number of nitrogens with one attached hydrogen (secondary N) is 2. The van der Waals surface area contributed by atoms with Crippen LogP contribution < -0.4 is 14.8 Å². The van der Waals surface area contributed by atoms with E-state index in [-0.39, 0.29) is 5.91 Å². The lowest BCUT2D eigenvalue weighted by molar-refractivity contribution is -0.122. The van der Waals surface area contributed by atoms with Crippen molar-refractivity contribution in [1.29, 1.82) is 0 Å². The normalized spacial score (nSPS) is 11.4. The minimum absolute atomic E-state index is 0.0328. The number of fused-ring (bicyclic) bond motifs is 1. The average Bonchev–Trinajstić information content (AvgIpc) is 3.03. The molecule has 0 spiro atoms. The smallest absolute Gasteiger partial charge is 0.225 e. The van der Waals surface area contributed by atoms with Crippen LogP contribution in [0, 0.1) is 0 Å². The lowest BCUT2D eigenvalue weighted by Crippen LogP contribution is -2.41. The molecule has 0 saturated heterocycles. The number of carbonyl (C=O) groups excluding carboxylic acids is 1. The molecule has 0 radical (unpaired) electrons. The number of hydrogen-bond acceptors (Lipinski definition) is 3. The van der Waals surface area contributed by atoms with Gasteiger partial charge in [0.2, 0.25) is 5.91 Å². The van der Waals surface area contributed by atoms with Crippen LogP contribution in [0.5, 0.6) is 11.5 Å².